The second-order valence-electron chi connectivity index (χ2n) is 4.31. The van der Waals surface area contributed by atoms with E-state index in [0.29, 0.717) is 0 Å². The Balaban J connectivity index is 2.16. The van der Waals surface area contributed by atoms with E-state index in [4.69, 9.17) is 11.6 Å². The van der Waals surface area contributed by atoms with Gasteiger partial charge in [0, 0.05) is 6.20 Å². The van der Waals surface area contributed by atoms with Crippen LogP contribution in [0.25, 0.3) is 5.65 Å². The van der Waals surface area contributed by atoms with Gasteiger partial charge in [-0.05, 0) is 13.0 Å². The first-order valence-corrected chi connectivity index (χ1v) is 7.79. The van der Waals surface area contributed by atoms with E-state index in [9.17, 15) is 22.8 Å². The zero-order valence-corrected chi connectivity index (χ0v) is 13.6. The van der Waals surface area contributed by atoms with E-state index < -0.39 is 23.7 Å². The zero-order valence-electron chi connectivity index (χ0n) is 12.1. The SMILES string of the molecule is CCOC(=O)NC(=O)CSc1nnc2c(Cl)cc(C(F)(F)F)cn12. The van der Waals surface area contributed by atoms with Crippen molar-refractivity contribution < 1.29 is 27.5 Å². The van der Waals surface area contributed by atoms with Gasteiger partial charge >= 0.3 is 12.3 Å². The first-order chi connectivity index (χ1) is 11.2. The van der Waals surface area contributed by atoms with E-state index in [-0.39, 0.29) is 28.2 Å². The summed E-state index contributed by atoms with van der Waals surface area (Å²) in [7, 11) is 0. The van der Waals surface area contributed by atoms with Crippen molar-refractivity contribution in [3.63, 3.8) is 0 Å². The fourth-order valence-corrected chi connectivity index (χ4v) is 2.59. The molecule has 2 heterocycles. The van der Waals surface area contributed by atoms with Crippen LogP contribution in [0.5, 0.6) is 0 Å². The molecule has 0 aliphatic rings. The van der Waals surface area contributed by atoms with E-state index in [0.717, 1.165) is 28.4 Å². The molecule has 0 bridgehead atoms. The lowest BCUT2D eigenvalue weighted by Crippen LogP contribution is -2.32. The molecular weight excluding hydrogens is 373 g/mol. The van der Waals surface area contributed by atoms with Crippen LogP contribution in [0.15, 0.2) is 17.4 Å². The van der Waals surface area contributed by atoms with Crippen molar-refractivity contribution in [3.05, 3.63) is 22.8 Å². The molecule has 0 saturated carbocycles. The molecule has 2 aromatic heterocycles. The summed E-state index contributed by atoms with van der Waals surface area (Å²) >= 11 is 6.57. The number of thioether (sulfide) groups is 1. The molecule has 0 saturated heterocycles. The van der Waals surface area contributed by atoms with Crippen molar-refractivity contribution in [3.8, 4) is 0 Å². The smallest absolute Gasteiger partial charge is 0.417 e. The standard InChI is InChI=1S/C12H10ClF3N4O3S/c1-2-23-11(22)17-8(21)5-24-10-19-18-9-7(13)3-6(4-20(9)10)12(14,15)16/h3-4H,2,5H2,1H3,(H,17,21,22). The Morgan fingerprint density at radius 2 is 2.12 bits per heavy atom. The Labute approximate surface area is 142 Å². The summed E-state index contributed by atoms with van der Waals surface area (Å²) in [5, 5.41) is 9.13. The van der Waals surface area contributed by atoms with Gasteiger partial charge in [0.1, 0.15) is 0 Å². The van der Waals surface area contributed by atoms with Crippen molar-refractivity contribution in [1.29, 1.82) is 0 Å². The summed E-state index contributed by atoms with van der Waals surface area (Å²) in [5.74, 6) is -0.957. The number of hydrogen-bond donors (Lipinski definition) is 1. The van der Waals surface area contributed by atoms with Gasteiger partial charge in [0.05, 0.1) is 22.9 Å². The number of fused-ring (bicyclic) bond motifs is 1. The van der Waals surface area contributed by atoms with Crippen molar-refractivity contribution in [2.75, 3.05) is 12.4 Å². The maximum Gasteiger partial charge on any atom is 0.417 e. The van der Waals surface area contributed by atoms with Gasteiger partial charge in [0.2, 0.25) is 5.91 Å². The van der Waals surface area contributed by atoms with Crippen LogP contribution in [-0.2, 0) is 15.7 Å². The molecule has 1 N–H and O–H groups in total. The summed E-state index contributed by atoms with van der Waals surface area (Å²) < 4.78 is 44.1. The van der Waals surface area contributed by atoms with Gasteiger partial charge in [-0.2, -0.15) is 13.2 Å². The number of aromatic nitrogens is 3. The Morgan fingerprint density at radius 3 is 2.75 bits per heavy atom. The third kappa shape index (κ3) is 4.29. The zero-order chi connectivity index (χ0) is 17.9. The van der Waals surface area contributed by atoms with Gasteiger partial charge in [-0.25, -0.2) is 4.79 Å². The van der Waals surface area contributed by atoms with Crippen LogP contribution in [0.1, 0.15) is 12.5 Å². The Bertz CT molecular complexity index is 781. The molecule has 0 radical (unpaired) electrons. The third-order valence-electron chi connectivity index (χ3n) is 2.61. The molecule has 0 unspecified atom stereocenters. The minimum absolute atomic E-state index is 0.0250. The molecule has 7 nitrogen and oxygen atoms in total. The van der Waals surface area contributed by atoms with Crippen molar-refractivity contribution >= 4 is 41.0 Å². The maximum absolute atomic E-state index is 12.8. The molecule has 0 spiro atoms. The van der Waals surface area contributed by atoms with Crippen LogP contribution < -0.4 is 5.32 Å². The molecule has 2 aromatic rings. The highest BCUT2D eigenvalue weighted by atomic mass is 35.5. The normalized spacial score (nSPS) is 11.5. The Kier molecular flexibility index (Phi) is 5.54. The van der Waals surface area contributed by atoms with Crippen LogP contribution in [0.2, 0.25) is 5.02 Å². The second-order valence-corrected chi connectivity index (χ2v) is 5.66. The summed E-state index contributed by atoms with van der Waals surface area (Å²) in [6, 6.07) is 0.744. The molecule has 0 fully saturated rings. The number of pyridine rings is 1. The summed E-state index contributed by atoms with van der Waals surface area (Å²) in [6.45, 7) is 1.67. The number of halogens is 4. The fraction of sp³-hybridized carbons (Fsp3) is 0.333. The summed E-state index contributed by atoms with van der Waals surface area (Å²) in [6.07, 6.45) is -4.71. The number of carbonyl (C=O) groups is 2. The number of nitrogens with one attached hydrogen (secondary N) is 1. The predicted octanol–water partition coefficient (Wildman–Crippen LogP) is 2.77. The number of alkyl carbamates (subject to hydrolysis) is 1. The van der Waals surface area contributed by atoms with E-state index in [1.165, 1.54) is 0 Å². The van der Waals surface area contributed by atoms with Gasteiger partial charge < -0.3 is 4.74 Å². The maximum atomic E-state index is 12.8. The molecule has 0 aromatic carbocycles. The number of amides is 2. The number of nitrogens with zero attached hydrogens (tertiary/aromatic N) is 3. The number of ether oxygens (including phenoxy) is 1. The van der Waals surface area contributed by atoms with Crippen LogP contribution in [-0.4, -0.2) is 39.0 Å². The fourth-order valence-electron chi connectivity index (χ4n) is 1.63. The van der Waals surface area contributed by atoms with Crippen LogP contribution in [0.3, 0.4) is 0 Å². The number of imide groups is 1. The first-order valence-electron chi connectivity index (χ1n) is 6.43. The van der Waals surface area contributed by atoms with E-state index in [1.807, 2.05) is 5.32 Å². The molecule has 0 atom stereocenters. The number of hydrogen-bond acceptors (Lipinski definition) is 6. The van der Waals surface area contributed by atoms with Crippen molar-refractivity contribution in [2.45, 2.75) is 18.3 Å². The van der Waals surface area contributed by atoms with Crippen molar-refractivity contribution in [2.24, 2.45) is 0 Å². The van der Waals surface area contributed by atoms with Gasteiger partial charge in [-0.15, -0.1) is 10.2 Å². The van der Waals surface area contributed by atoms with Gasteiger partial charge in [0.15, 0.2) is 10.8 Å². The summed E-state index contributed by atoms with van der Waals surface area (Å²) in [4.78, 5) is 22.6. The Hall–Kier alpha value is -2.01. The molecule has 12 heteroatoms. The quantitative estimate of drug-likeness (QED) is 0.818. The minimum atomic E-state index is -4.59. The highest BCUT2D eigenvalue weighted by Crippen LogP contribution is 2.33. The lowest BCUT2D eigenvalue weighted by molar-refractivity contribution is -0.137. The molecule has 0 aliphatic carbocycles. The average Bonchev–Trinajstić information content (AvgIpc) is 2.88. The van der Waals surface area contributed by atoms with E-state index in [2.05, 4.69) is 14.9 Å². The summed E-state index contributed by atoms with van der Waals surface area (Å²) in [5.41, 5.74) is -0.949. The second kappa shape index (κ2) is 7.26. The monoisotopic (exact) mass is 382 g/mol. The molecular formula is C12H10ClF3N4O3S. The lowest BCUT2D eigenvalue weighted by Gasteiger charge is -2.08. The molecule has 130 valence electrons. The van der Waals surface area contributed by atoms with Gasteiger partial charge in [-0.3, -0.25) is 14.5 Å². The minimum Gasteiger partial charge on any atom is -0.450 e. The van der Waals surface area contributed by atoms with Crippen LogP contribution >= 0.6 is 23.4 Å². The average molecular weight is 383 g/mol. The van der Waals surface area contributed by atoms with Gasteiger partial charge in [-0.1, -0.05) is 23.4 Å². The number of carbonyl (C=O) groups excluding carboxylic acids is 2. The van der Waals surface area contributed by atoms with Crippen LogP contribution in [0.4, 0.5) is 18.0 Å². The highest BCUT2D eigenvalue weighted by molar-refractivity contribution is 7.99. The first kappa shape index (κ1) is 18.3. The molecule has 24 heavy (non-hydrogen) atoms. The van der Waals surface area contributed by atoms with Crippen molar-refractivity contribution in [1.82, 2.24) is 19.9 Å². The number of rotatable bonds is 4. The van der Waals surface area contributed by atoms with Crippen LogP contribution in [0, 0.1) is 0 Å². The van der Waals surface area contributed by atoms with Gasteiger partial charge in [0.25, 0.3) is 0 Å². The largest absolute Gasteiger partial charge is 0.450 e. The molecule has 2 rings (SSSR count). The molecule has 2 amide bonds. The number of alkyl halides is 3. The predicted molar refractivity (Wildman–Crippen MR) is 78.9 cm³/mol. The lowest BCUT2D eigenvalue weighted by atomic mass is 10.3. The van der Waals surface area contributed by atoms with E-state index in [1.54, 1.807) is 6.92 Å². The Morgan fingerprint density at radius 1 is 1.42 bits per heavy atom. The van der Waals surface area contributed by atoms with E-state index >= 15 is 0 Å². The molecule has 0 aliphatic heterocycles. The highest BCUT2D eigenvalue weighted by Gasteiger charge is 2.32. The third-order valence-corrected chi connectivity index (χ3v) is 3.83. The topological polar surface area (TPSA) is 85.6 Å².